The average molecular weight is 291 g/mol. The Morgan fingerprint density at radius 3 is 2.65 bits per heavy atom. The number of ether oxygens (including phenoxy) is 1. The number of carbonyl (C=O) groups is 1. The number of aryl methyl sites for hydroxylation is 1. The quantitative estimate of drug-likeness (QED) is 0.851. The third kappa shape index (κ3) is 2.86. The standard InChI is InChI=1S/C15H15ClN2O2/c1-9-7-10(17)8-12(16)14(9)18-15(19)11-5-3-4-6-13(11)20-2/h3-8H,17H2,1-2H3,(H,18,19). The molecule has 0 heterocycles. The third-order valence-corrected chi connectivity index (χ3v) is 3.20. The SMILES string of the molecule is COc1ccccc1C(=O)Nc1c(C)cc(N)cc1Cl. The van der Waals surface area contributed by atoms with Gasteiger partial charge in [0.25, 0.3) is 5.91 Å². The number of hydrogen-bond acceptors (Lipinski definition) is 3. The minimum Gasteiger partial charge on any atom is -0.496 e. The molecule has 0 aliphatic carbocycles. The minimum absolute atomic E-state index is 0.280. The summed E-state index contributed by atoms with van der Waals surface area (Å²) < 4.78 is 5.17. The zero-order chi connectivity index (χ0) is 14.7. The largest absolute Gasteiger partial charge is 0.496 e. The molecule has 20 heavy (non-hydrogen) atoms. The van der Waals surface area contributed by atoms with Crippen molar-refractivity contribution in [2.75, 3.05) is 18.2 Å². The molecular weight excluding hydrogens is 276 g/mol. The molecule has 2 rings (SSSR count). The van der Waals surface area contributed by atoms with Gasteiger partial charge in [0.15, 0.2) is 0 Å². The van der Waals surface area contributed by atoms with Gasteiger partial charge in [-0.15, -0.1) is 0 Å². The van der Waals surface area contributed by atoms with Crippen molar-refractivity contribution in [2.45, 2.75) is 6.92 Å². The summed E-state index contributed by atoms with van der Waals surface area (Å²) in [5.41, 5.74) is 8.06. The van der Waals surface area contributed by atoms with Gasteiger partial charge in [0.2, 0.25) is 0 Å². The average Bonchev–Trinajstić information content (AvgIpc) is 2.42. The number of carbonyl (C=O) groups excluding carboxylic acids is 1. The molecule has 0 saturated carbocycles. The van der Waals surface area contributed by atoms with Gasteiger partial charge >= 0.3 is 0 Å². The predicted molar refractivity (Wildman–Crippen MR) is 81.5 cm³/mol. The molecule has 5 heteroatoms. The molecule has 0 spiro atoms. The van der Waals surface area contributed by atoms with Gasteiger partial charge in [-0.25, -0.2) is 0 Å². The van der Waals surface area contributed by atoms with E-state index >= 15 is 0 Å². The monoisotopic (exact) mass is 290 g/mol. The van der Waals surface area contributed by atoms with Crippen LogP contribution in [0.1, 0.15) is 15.9 Å². The predicted octanol–water partition coefficient (Wildman–Crippen LogP) is 3.49. The molecule has 3 N–H and O–H groups in total. The van der Waals surface area contributed by atoms with Crippen LogP contribution in [0.15, 0.2) is 36.4 Å². The van der Waals surface area contributed by atoms with Crippen LogP contribution in [0.4, 0.5) is 11.4 Å². The maximum atomic E-state index is 12.3. The summed E-state index contributed by atoms with van der Waals surface area (Å²) in [5, 5.41) is 3.20. The fourth-order valence-corrected chi connectivity index (χ4v) is 2.26. The normalized spacial score (nSPS) is 10.2. The van der Waals surface area contributed by atoms with Crippen molar-refractivity contribution >= 4 is 28.9 Å². The summed E-state index contributed by atoms with van der Waals surface area (Å²) in [7, 11) is 1.52. The number of benzene rings is 2. The molecule has 0 radical (unpaired) electrons. The number of hydrogen-bond donors (Lipinski definition) is 2. The fourth-order valence-electron chi connectivity index (χ4n) is 1.94. The Labute approximate surface area is 122 Å². The highest BCUT2D eigenvalue weighted by molar-refractivity contribution is 6.34. The van der Waals surface area contributed by atoms with E-state index in [1.54, 1.807) is 36.4 Å². The van der Waals surface area contributed by atoms with E-state index in [1.165, 1.54) is 7.11 Å². The maximum Gasteiger partial charge on any atom is 0.259 e. The zero-order valence-electron chi connectivity index (χ0n) is 11.2. The fraction of sp³-hybridized carbons (Fsp3) is 0.133. The molecule has 2 aromatic carbocycles. The molecule has 0 aromatic heterocycles. The van der Waals surface area contributed by atoms with Gasteiger partial charge in [-0.1, -0.05) is 23.7 Å². The van der Waals surface area contributed by atoms with Crippen molar-refractivity contribution in [3.05, 3.63) is 52.5 Å². The Kier molecular flexibility index (Phi) is 4.15. The molecule has 0 bridgehead atoms. The van der Waals surface area contributed by atoms with E-state index in [4.69, 9.17) is 22.1 Å². The lowest BCUT2D eigenvalue weighted by molar-refractivity contribution is 0.102. The van der Waals surface area contributed by atoms with Crippen molar-refractivity contribution in [1.82, 2.24) is 0 Å². The first-order chi connectivity index (χ1) is 9.52. The van der Waals surface area contributed by atoms with Crippen LogP contribution in [0.5, 0.6) is 5.75 Å². The Morgan fingerprint density at radius 2 is 2.00 bits per heavy atom. The Hall–Kier alpha value is -2.20. The van der Waals surface area contributed by atoms with Gasteiger partial charge < -0.3 is 15.8 Å². The summed E-state index contributed by atoms with van der Waals surface area (Å²) in [5.74, 6) is 0.228. The number of nitrogens with two attached hydrogens (primary N) is 1. The first-order valence-corrected chi connectivity index (χ1v) is 6.40. The lowest BCUT2D eigenvalue weighted by atomic mass is 10.1. The number of nitrogens with one attached hydrogen (secondary N) is 1. The lowest BCUT2D eigenvalue weighted by Crippen LogP contribution is -2.14. The van der Waals surface area contributed by atoms with Gasteiger partial charge in [-0.2, -0.15) is 0 Å². The molecule has 0 saturated heterocycles. The molecule has 0 fully saturated rings. The van der Waals surface area contributed by atoms with Gasteiger partial charge in [0.1, 0.15) is 5.75 Å². The molecule has 0 atom stereocenters. The number of nitrogen functional groups attached to an aromatic ring is 1. The van der Waals surface area contributed by atoms with Crippen LogP contribution >= 0.6 is 11.6 Å². The van der Waals surface area contributed by atoms with E-state index in [0.717, 1.165) is 5.56 Å². The smallest absolute Gasteiger partial charge is 0.259 e. The number of amides is 1. The summed E-state index contributed by atoms with van der Waals surface area (Å²) >= 11 is 6.11. The van der Waals surface area contributed by atoms with Crippen molar-refractivity contribution < 1.29 is 9.53 Å². The topological polar surface area (TPSA) is 64.3 Å². The van der Waals surface area contributed by atoms with Crippen molar-refractivity contribution in [1.29, 1.82) is 0 Å². The Bertz CT molecular complexity index is 633. The van der Waals surface area contributed by atoms with E-state index in [-0.39, 0.29) is 5.91 Å². The summed E-state index contributed by atoms with van der Waals surface area (Å²) in [6.07, 6.45) is 0. The van der Waals surface area contributed by atoms with Gasteiger partial charge in [0, 0.05) is 5.69 Å². The highest BCUT2D eigenvalue weighted by Gasteiger charge is 2.14. The summed E-state index contributed by atoms with van der Waals surface area (Å²) in [4.78, 5) is 12.3. The van der Waals surface area contributed by atoms with Gasteiger partial charge in [-0.3, -0.25) is 4.79 Å². The molecule has 1 amide bonds. The third-order valence-electron chi connectivity index (χ3n) is 2.90. The highest BCUT2D eigenvalue weighted by Crippen LogP contribution is 2.29. The summed E-state index contributed by atoms with van der Waals surface area (Å²) in [6.45, 7) is 1.83. The second-order valence-corrected chi connectivity index (χ2v) is 4.76. The minimum atomic E-state index is -0.280. The molecule has 104 valence electrons. The Morgan fingerprint density at radius 1 is 1.30 bits per heavy atom. The summed E-state index contributed by atoms with van der Waals surface area (Å²) in [6, 6.07) is 10.4. The van der Waals surface area contributed by atoms with Crippen molar-refractivity contribution in [3.63, 3.8) is 0 Å². The molecule has 2 aromatic rings. The van der Waals surface area contributed by atoms with Gasteiger partial charge in [0.05, 0.1) is 23.4 Å². The van der Waals surface area contributed by atoms with E-state index < -0.39 is 0 Å². The van der Waals surface area contributed by atoms with Crippen LogP contribution in [-0.4, -0.2) is 13.0 Å². The van der Waals surface area contributed by atoms with Gasteiger partial charge in [-0.05, 0) is 36.8 Å². The van der Waals surface area contributed by atoms with Crippen LogP contribution < -0.4 is 15.8 Å². The van der Waals surface area contributed by atoms with Crippen LogP contribution in [0.3, 0.4) is 0 Å². The van der Waals surface area contributed by atoms with Crippen LogP contribution in [0.2, 0.25) is 5.02 Å². The molecule has 4 nitrogen and oxygen atoms in total. The highest BCUT2D eigenvalue weighted by atomic mass is 35.5. The van der Waals surface area contributed by atoms with E-state index in [2.05, 4.69) is 5.32 Å². The molecule has 0 aliphatic rings. The Balaban J connectivity index is 2.33. The van der Waals surface area contributed by atoms with E-state index in [9.17, 15) is 4.79 Å². The van der Waals surface area contributed by atoms with Crippen LogP contribution in [-0.2, 0) is 0 Å². The molecular formula is C15H15ClN2O2. The number of methoxy groups -OCH3 is 1. The van der Waals surface area contributed by atoms with E-state index in [0.29, 0.717) is 27.7 Å². The van der Waals surface area contributed by atoms with Crippen LogP contribution in [0.25, 0.3) is 0 Å². The number of para-hydroxylation sites is 1. The van der Waals surface area contributed by atoms with Crippen molar-refractivity contribution in [3.8, 4) is 5.75 Å². The molecule has 0 unspecified atom stereocenters. The first kappa shape index (κ1) is 14.2. The zero-order valence-corrected chi connectivity index (χ0v) is 12.0. The number of anilines is 2. The van der Waals surface area contributed by atoms with Crippen LogP contribution in [0, 0.1) is 6.92 Å². The first-order valence-electron chi connectivity index (χ1n) is 6.03. The van der Waals surface area contributed by atoms with E-state index in [1.807, 2.05) is 6.92 Å². The maximum absolute atomic E-state index is 12.3. The van der Waals surface area contributed by atoms with Crippen molar-refractivity contribution in [2.24, 2.45) is 0 Å². The number of rotatable bonds is 3. The number of halogens is 1. The second kappa shape index (κ2) is 5.84. The lowest BCUT2D eigenvalue weighted by Gasteiger charge is -2.13. The molecule has 0 aliphatic heterocycles. The second-order valence-electron chi connectivity index (χ2n) is 4.35.